The van der Waals surface area contributed by atoms with Gasteiger partial charge in [0.15, 0.2) is 0 Å². The fourth-order valence-corrected chi connectivity index (χ4v) is 2.57. The van der Waals surface area contributed by atoms with Crippen LogP contribution in [0.15, 0.2) is 36.4 Å². The minimum absolute atomic E-state index is 0.129. The third-order valence-corrected chi connectivity index (χ3v) is 3.57. The Labute approximate surface area is 115 Å². The lowest BCUT2D eigenvalue weighted by Gasteiger charge is -2.35. The van der Waals surface area contributed by atoms with E-state index in [4.69, 9.17) is 0 Å². The summed E-state index contributed by atoms with van der Waals surface area (Å²) in [6.45, 7) is 1.76. The monoisotopic (exact) mass is 258 g/mol. The Morgan fingerprint density at radius 3 is 2.89 bits per heavy atom. The maximum atomic E-state index is 12.3. The number of hydrogen-bond acceptors (Lipinski definition) is 2. The van der Waals surface area contributed by atoms with Crippen molar-refractivity contribution in [1.82, 2.24) is 10.2 Å². The Bertz CT molecular complexity index is 426. The van der Waals surface area contributed by atoms with Gasteiger partial charge in [-0.2, -0.15) is 0 Å². The summed E-state index contributed by atoms with van der Waals surface area (Å²) in [5, 5.41) is 3.18. The second-order valence-electron chi connectivity index (χ2n) is 4.98. The van der Waals surface area contributed by atoms with Gasteiger partial charge in [0, 0.05) is 25.2 Å². The number of nitrogens with one attached hydrogen (secondary N) is 1. The molecule has 1 unspecified atom stereocenters. The molecule has 102 valence electrons. The Kier molecular flexibility index (Phi) is 5.16. The third kappa shape index (κ3) is 3.93. The number of nitrogens with zero attached hydrogens (tertiary/aromatic N) is 1. The summed E-state index contributed by atoms with van der Waals surface area (Å²) in [7, 11) is 1.94. The molecule has 0 aromatic heterocycles. The SMILES string of the molecule is CNCC1CCCCN1C(=O)C=Cc1ccccc1. The largest absolute Gasteiger partial charge is 0.335 e. The van der Waals surface area contributed by atoms with Crippen molar-refractivity contribution in [2.24, 2.45) is 0 Å². The van der Waals surface area contributed by atoms with Crippen molar-refractivity contribution < 1.29 is 4.79 Å². The Morgan fingerprint density at radius 1 is 1.37 bits per heavy atom. The summed E-state index contributed by atoms with van der Waals surface area (Å²) in [5.74, 6) is 0.129. The first-order valence-corrected chi connectivity index (χ1v) is 6.99. The number of carbonyl (C=O) groups is 1. The maximum absolute atomic E-state index is 12.3. The predicted octanol–water partition coefficient (Wildman–Crippen LogP) is 2.30. The molecule has 1 heterocycles. The second-order valence-corrected chi connectivity index (χ2v) is 4.98. The maximum Gasteiger partial charge on any atom is 0.246 e. The molecule has 19 heavy (non-hydrogen) atoms. The number of amides is 1. The Hall–Kier alpha value is -1.61. The molecule has 0 aliphatic carbocycles. The highest BCUT2D eigenvalue weighted by Crippen LogP contribution is 2.17. The van der Waals surface area contributed by atoms with Gasteiger partial charge in [0.25, 0.3) is 0 Å². The molecule has 3 heteroatoms. The van der Waals surface area contributed by atoms with Crippen LogP contribution in [0.3, 0.4) is 0 Å². The standard InChI is InChI=1S/C16H22N2O/c1-17-13-15-9-5-6-12-18(15)16(19)11-10-14-7-3-2-4-8-14/h2-4,7-8,10-11,15,17H,5-6,9,12-13H2,1H3. The van der Waals surface area contributed by atoms with Crippen molar-refractivity contribution in [3.63, 3.8) is 0 Å². The van der Waals surface area contributed by atoms with Crippen molar-refractivity contribution in [2.45, 2.75) is 25.3 Å². The number of hydrogen-bond donors (Lipinski definition) is 1. The van der Waals surface area contributed by atoms with Gasteiger partial charge in [-0.25, -0.2) is 0 Å². The van der Waals surface area contributed by atoms with Crippen LogP contribution in [0, 0.1) is 0 Å². The molecule has 0 bridgehead atoms. The summed E-state index contributed by atoms with van der Waals surface area (Å²) in [5.41, 5.74) is 1.07. The number of likely N-dealkylation sites (N-methyl/N-ethyl adjacent to an activating group) is 1. The van der Waals surface area contributed by atoms with Crippen LogP contribution < -0.4 is 5.32 Å². The molecule has 3 nitrogen and oxygen atoms in total. The molecule has 1 fully saturated rings. The van der Waals surface area contributed by atoms with Crippen molar-refractivity contribution >= 4 is 12.0 Å². The van der Waals surface area contributed by atoms with E-state index >= 15 is 0 Å². The molecule has 1 saturated heterocycles. The first-order valence-electron chi connectivity index (χ1n) is 6.99. The molecule has 1 N–H and O–H groups in total. The zero-order valence-corrected chi connectivity index (χ0v) is 11.5. The second kappa shape index (κ2) is 7.10. The molecule has 2 rings (SSSR count). The fraction of sp³-hybridized carbons (Fsp3) is 0.438. The summed E-state index contributed by atoms with van der Waals surface area (Å²) in [6, 6.07) is 10.3. The van der Waals surface area contributed by atoms with E-state index < -0.39 is 0 Å². The summed E-state index contributed by atoms with van der Waals surface area (Å²) >= 11 is 0. The van der Waals surface area contributed by atoms with Crippen molar-refractivity contribution in [2.75, 3.05) is 20.1 Å². The predicted molar refractivity (Wildman–Crippen MR) is 78.8 cm³/mol. The van der Waals surface area contributed by atoms with Gasteiger partial charge in [-0.15, -0.1) is 0 Å². The zero-order valence-electron chi connectivity index (χ0n) is 11.5. The fourth-order valence-electron chi connectivity index (χ4n) is 2.57. The van der Waals surface area contributed by atoms with Crippen molar-refractivity contribution in [3.05, 3.63) is 42.0 Å². The lowest BCUT2D eigenvalue weighted by Crippen LogP contribution is -2.47. The molecule has 1 aliphatic rings. The summed E-state index contributed by atoms with van der Waals surface area (Å²) in [6.07, 6.45) is 7.03. The molecular formula is C16H22N2O. The van der Waals surface area contributed by atoms with Gasteiger partial charge in [-0.1, -0.05) is 30.3 Å². The highest BCUT2D eigenvalue weighted by atomic mass is 16.2. The number of piperidine rings is 1. The average Bonchev–Trinajstić information content (AvgIpc) is 2.47. The lowest BCUT2D eigenvalue weighted by atomic mass is 10.0. The smallest absolute Gasteiger partial charge is 0.246 e. The van der Waals surface area contributed by atoms with Crippen LogP contribution in [0.5, 0.6) is 0 Å². The first kappa shape index (κ1) is 13.8. The van der Waals surface area contributed by atoms with E-state index in [-0.39, 0.29) is 5.91 Å². The van der Waals surface area contributed by atoms with E-state index in [1.165, 1.54) is 6.42 Å². The van der Waals surface area contributed by atoms with Gasteiger partial charge in [0.2, 0.25) is 5.91 Å². The molecule has 1 aromatic rings. The summed E-state index contributed by atoms with van der Waals surface area (Å²) < 4.78 is 0. The highest BCUT2D eigenvalue weighted by Gasteiger charge is 2.24. The van der Waals surface area contributed by atoms with Gasteiger partial charge in [-0.05, 0) is 37.9 Å². The minimum atomic E-state index is 0.129. The topological polar surface area (TPSA) is 32.3 Å². The zero-order chi connectivity index (χ0) is 13.5. The normalized spacial score (nSPS) is 19.8. The van der Waals surface area contributed by atoms with Crippen LogP contribution in [0.2, 0.25) is 0 Å². The Morgan fingerprint density at radius 2 is 2.16 bits per heavy atom. The average molecular weight is 258 g/mol. The summed E-state index contributed by atoms with van der Waals surface area (Å²) in [4.78, 5) is 14.3. The van der Waals surface area contributed by atoms with E-state index in [0.29, 0.717) is 6.04 Å². The number of carbonyl (C=O) groups excluding carboxylic acids is 1. The first-order chi connectivity index (χ1) is 9.31. The van der Waals surface area contributed by atoms with E-state index in [1.807, 2.05) is 48.4 Å². The number of likely N-dealkylation sites (tertiary alicyclic amines) is 1. The third-order valence-electron chi connectivity index (χ3n) is 3.57. The number of rotatable bonds is 4. The molecule has 0 saturated carbocycles. The van der Waals surface area contributed by atoms with Crippen LogP contribution in [0.1, 0.15) is 24.8 Å². The van der Waals surface area contributed by atoms with Crippen molar-refractivity contribution in [3.8, 4) is 0 Å². The molecule has 0 spiro atoms. The number of benzene rings is 1. The van der Waals surface area contributed by atoms with E-state index in [0.717, 1.165) is 31.5 Å². The molecule has 1 aliphatic heterocycles. The van der Waals surface area contributed by atoms with E-state index in [2.05, 4.69) is 5.32 Å². The highest BCUT2D eigenvalue weighted by molar-refractivity contribution is 5.92. The molecule has 1 aromatic carbocycles. The van der Waals surface area contributed by atoms with Gasteiger partial charge < -0.3 is 10.2 Å². The van der Waals surface area contributed by atoms with Crippen LogP contribution in [-0.2, 0) is 4.79 Å². The van der Waals surface area contributed by atoms with Crippen LogP contribution in [-0.4, -0.2) is 37.0 Å². The molecule has 0 radical (unpaired) electrons. The quantitative estimate of drug-likeness (QED) is 0.841. The van der Waals surface area contributed by atoms with Crippen LogP contribution in [0.4, 0.5) is 0 Å². The molecule has 1 amide bonds. The van der Waals surface area contributed by atoms with Gasteiger partial charge >= 0.3 is 0 Å². The van der Waals surface area contributed by atoms with E-state index in [1.54, 1.807) is 6.08 Å². The van der Waals surface area contributed by atoms with Gasteiger partial charge in [-0.3, -0.25) is 4.79 Å². The van der Waals surface area contributed by atoms with E-state index in [9.17, 15) is 4.79 Å². The lowest BCUT2D eigenvalue weighted by molar-refractivity contribution is -0.129. The van der Waals surface area contributed by atoms with Crippen LogP contribution >= 0.6 is 0 Å². The van der Waals surface area contributed by atoms with Crippen molar-refractivity contribution in [1.29, 1.82) is 0 Å². The molecule has 1 atom stereocenters. The minimum Gasteiger partial charge on any atom is -0.335 e. The molecular weight excluding hydrogens is 236 g/mol. The Balaban J connectivity index is 1.99. The van der Waals surface area contributed by atoms with Gasteiger partial charge in [0.05, 0.1) is 0 Å². The van der Waals surface area contributed by atoms with Gasteiger partial charge in [0.1, 0.15) is 0 Å². The van der Waals surface area contributed by atoms with Crippen LogP contribution in [0.25, 0.3) is 6.08 Å².